The molecule has 1 heterocycles. The number of hydrogen-bond donors (Lipinski definition) is 1. The molecule has 2 aromatic rings. The van der Waals surface area contributed by atoms with E-state index in [0.717, 1.165) is 17.7 Å². The number of likely N-dealkylation sites (N-methyl/N-ethyl adjacent to an activating group) is 1. The van der Waals surface area contributed by atoms with Gasteiger partial charge in [0.1, 0.15) is 0 Å². The molecule has 2 amide bonds. The summed E-state index contributed by atoms with van der Waals surface area (Å²) in [7, 11) is 3.97. The van der Waals surface area contributed by atoms with Crippen molar-refractivity contribution in [1.29, 1.82) is 0 Å². The summed E-state index contributed by atoms with van der Waals surface area (Å²) < 4.78 is 0. The monoisotopic (exact) mass is 363 g/mol. The van der Waals surface area contributed by atoms with E-state index in [2.05, 4.69) is 29.6 Å². The molecule has 1 atom stereocenters. The summed E-state index contributed by atoms with van der Waals surface area (Å²) in [5.74, 6) is -0.240. The van der Waals surface area contributed by atoms with E-state index in [1.54, 1.807) is 4.90 Å². The lowest BCUT2D eigenvalue weighted by atomic mass is 10.0. The van der Waals surface area contributed by atoms with Gasteiger partial charge in [0.25, 0.3) is 0 Å². The van der Waals surface area contributed by atoms with Gasteiger partial charge in [0.15, 0.2) is 0 Å². The van der Waals surface area contributed by atoms with Gasteiger partial charge in [-0.25, -0.2) is 0 Å². The number of nitrogens with zero attached hydrogens (tertiary/aromatic N) is 2. The molecular weight excluding hydrogens is 338 g/mol. The van der Waals surface area contributed by atoms with Crippen LogP contribution in [0.25, 0.3) is 11.1 Å². The van der Waals surface area contributed by atoms with Crippen molar-refractivity contribution < 1.29 is 9.59 Å². The van der Waals surface area contributed by atoms with E-state index >= 15 is 0 Å². The molecular formula is C22H25N3O2. The Labute approximate surface area is 160 Å². The third-order valence-corrected chi connectivity index (χ3v) is 5.52. The number of likely N-dealkylation sites (tertiary alicyclic amines) is 1. The molecule has 27 heavy (non-hydrogen) atoms. The maximum Gasteiger partial charge on any atom is 0.226 e. The Morgan fingerprint density at radius 3 is 2.26 bits per heavy atom. The fourth-order valence-electron chi connectivity index (χ4n) is 4.06. The molecule has 140 valence electrons. The minimum absolute atomic E-state index is 0.0350. The van der Waals surface area contributed by atoms with Crippen LogP contribution in [0.5, 0.6) is 0 Å². The SMILES string of the molecule is CN(C)CCN1C[C@H](C(=O)NC2c3ccccc3-c3ccccc32)CC1=O. The molecule has 0 bridgehead atoms. The highest BCUT2D eigenvalue weighted by molar-refractivity contribution is 5.90. The van der Waals surface area contributed by atoms with Crippen LogP contribution < -0.4 is 5.32 Å². The first-order chi connectivity index (χ1) is 13.0. The van der Waals surface area contributed by atoms with Crippen molar-refractivity contribution in [2.45, 2.75) is 12.5 Å². The topological polar surface area (TPSA) is 52.6 Å². The van der Waals surface area contributed by atoms with E-state index in [4.69, 9.17) is 0 Å². The summed E-state index contributed by atoms with van der Waals surface area (Å²) in [4.78, 5) is 29.1. The van der Waals surface area contributed by atoms with Crippen molar-refractivity contribution in [2.24, 2.45) is 5.92 Å². The highest BCUT2D eigenvalue weighted by Crippen LogP contribution is 2.43. The number of fused-ring (bicyclic) bond motifs is 3. The van der Waals surface area contributed by atoms with E-state index in [9.17, 15) is 9.59 Å². The van der Waals surface area contributed by atoms with E-state index in [-0.39, 0.29) is 23.8 Å². The Hall–Kier alpha value is -2.66. The first-order valence-electron chi connectivity index (χ1n) is 9.45. The van der Waals surface area contributed by atoms with Crippen LogP contribution in [0.3, 0.4) is 0 Å². The Morgan fingerprint density at radius 1 is 1.07 bits per heavy atom. The van der Waals surface area contributed by atoms with Crippen LogP contribution in [0.1, 0.15) is 23.6 Å². The fraction of sp³-hybridized carbons (Fsp3) is 0.364. The number of nitrogens with one attached hydrogen (secondary N) is 1. The zero-order valence-corrected chi connectivity index (χ0v) is 15.8. The van der Waals surface area contributed by atoms with Gasteiger partial charge >= 0.3 is 0 Å². The van der Waals surface area contributed by atoms with Crippen LogP contribution in [-0.2, 0) is 9.59 Å². The van der Waals surface area contributed by atoms with Crippen molar-refractivity contribution in [3.05, 3.63) is 59.7 Å². The van der Waals surface area contributed by atoms with Gasteiger partial charge in [0, 0.05) is 26.1 Å². The number of rotatable bonds is 5. The van der Waals surface area contributed by atoms with Crippen LogP contribution in [0.15, 0.2) is 48.5 Å². The molecule has 4 rings (SSSR count). The van der Waals surface area contributed by atoms with Gasteiger partial charge in [0.05, 0.1) is 12.0 Å². The highest BCUT2D eigenvalue weighted by atomic mass is 16.2. The molecule has 0 spiro atoms. The first-order valence-corrected chi connectivity index (χ1v) is 9.45. The van der Waals surface area contributed by atoms with E-state index < -0.39 is 0 Å². The van der Waals surface area contributed by atoms with Crippen LogP contribution in [0, 0.1) is 5.92 Å². The summed E-state index contributed by atoms with van der Waals surface area (Å²) in [6.07, 6.45) is 0.301. The molecule has 2 aliphatic rings. The lowest BCUT2D eigenvalue weighted by molar-refractivity contribution is -0.129. The maximum absolute atomic E-state index is 12.9. The van der Waals surface area contributed by atoms with E-state index in [1.807, 2.05) is 43.3 Å². The lowest BCUT2D eigenvalue weighted by Gasteiger charge is -2.20. The van der Waals surface area contributed by atoms with Crippen LogP contribution in [0.2, 0.25) is 0 Å². The number of hydrogen-bond acceptors (Lipinski definition) is 3. The second kappa shape index (κ2) is 7.16. The second-order valence-corrected chi connectivity index (χ2v) is 7.66. The molecule has 5 nitrogen and oxygen atoms in total. The van der Waals surface area contributed by atoms with Crippen molar-refractivity contribution in [1.82, 2.24) is 15.1 Å². The summed E-state index contributed by atoms with van der Waals surface area (Å²) in [6.45, 7) is 1.99. The first kappa shape index (κ1) is 17.7. The van der Waals surface area contributed by atoms with Gasteiger partial charge in [-0.1, -0.05) is 48.5 Å². The molecule has 1 aliphatic heterocycles. The highest BCUT2D eigenvalue weighted by Gasteiger charge is 2.37. The van der Waals surface area contributed by atoms with Gasteiger partial charge in [0.2, 0.25) is 11.8 Å². The molecule has 0 saturated carbocycles. The van der Waals surface area contributed by atoms with Crippen molar-refractivity contribution in [3.63, 3.8) is 0 Å². The van der Waals surface area contributed by atoms with Gasteiger partial charge in [-0.3, -0.25) is 9.59 Å². The minimum Gasteiger partial charge on any atom is -0.345 e. The molecule has 1 aliphatic carbocycles. The van der Waals surface area contributed by atoms with Crippen LogP contribution in [-0.4, -0.2) is 55.3 Å². The number of amides is 2. The lowest BCUT2D eigenvalue weighted by Crippen LogP contribution is -2.36. The molecule has 1 fully saturated rings. The summed E-state index contributed by atoms with van der Waals surface area (Å²) in [5, 5.41) is 3.21. The van der Waals surface area contributed by atoms with Crippen molar-refractivity contribution in [2.75, 3.05) is 33.7 Å². The van der Waals surface area contributed by atoms with Gasteiger partial charge in [-0.15, -0.1) is 0 Å². The third-order valence-electron chi connectivity index (χ3n) is 5.52. The third kappa shape index (κ3) is 3.35. The number of carbonyl (C=O) groups excluding carboxylic acids is 2. The van der Waals surface area contributed by atoms with Crippen molar-refractivity contribution >= 4 is 11.8 Å². The average molecular weight is 363 g/mol. The van der Waals surface area contributed by atoms with Gasteiger partial charge in [-0.05, 0) is 36.3 Å². The molecule has 5 heteroatoms. The molecule has 1 N–H and O–H groups in total. The molecule has 0 radical (unpaired) electrons. The fourth-order valence-corrected chi connectivity index (χ4v) is 4.06. The molecule has 1 saturated heterocycles. The van der Waals surface area contributed by atoms with E-state index in [1.165, 1.54) is 11.1 Å². The average Bonchev–Trinajstić information content (AvgIpc) is 3.19. The number of benzene rings is 2. The second-order valence-electron chi connectivity index (χ2n) is 7.66. The van der Waals surface area contributed by atoms with Gasteiger partial charge in [-0.2, -0.15) is 0 Å². The zero-order chi connectivity index (χ0) is 19.0. The smallest absolute Gasteiger partial charge is 0.226 e. The quantitative estimate of drug-likeness (QED) is 0.887. The molecule has 0 unspecified atom stereocenters. The summed E-state index contributed by atoms with van der Waals surface area (Å²) >= 11 is 0. The number of carbonyl (C=O) groups is 2. The minimum atomic E-state index is -0.278. The standard InChI is InChI=1S/C22H25N3O2/c1-24(2)11-12-25-14-15(13-20(25)26)22(27)23-21-18-9-5-3-7-16(18)17-8-4-6-10-19(17)21/h3-10,15,21H,11-14H2,1-2H3,(H,23,27)/t15-/m1/s1. The Bertz CT molecular complexity index is 832. The van der Waals surface area contributed by atoms with Crippen LogP contribution in [0.4, 0.5) is 0 Å². The summed E-state index contributed by atoms with van der Waals surface area (Å²) in [5.41, 5.74) is 4.60. The predicted molar refractivity (Wildman–Crippen MR) is 105 cm³/mol. The molecule has 2 aromatic carbocycles. The normalized spacial score (nSPS) is 18.7. The molecule has 0 aromatic heterocycles. The predicted octanol–water partition coefficient (Wildman–Crippen LogP) is 2.28. The zero-order valence-electron chi connectivity index (χ0n) is 15.8. The maximum atomic E-state index is 12.9. The van der Waals surface area contributed by atoms with Gasteiger partial charge < -0.3 is 15.1 Å². The Morgan fingerprint density at radius 2 is 1.67 bits per heavy atom. The Kier molecular flexibility index (Phi) is 4.70. The largest absolute Gasteiger partial charge is 0.345 e. The van der Waals surface area contributed by atoms with Crippen LogP contribution >= 0.6 is 0 Å². The van der Waals surface area contributed by atoms with E-state index in [0.29, 0.717) is 19.5 Å². The van der Waals surface area contributed by atoms with Crippen molar-refractivity contribution in [3.8, 4) is 11.1 Å². The Balaban J connectivity index is 1.50. The summed E-state index contributed by atoms with van der Waals surface area (Å²) in [6, 6.07) is 16.3.